The monoisotopic (exact) mass is 433 g/mol. The lowest BCUT2D eigenvalue weighted by Gasteiger charge is -2.13. The summed E-state index contributed by atoms with van der Waals surface area (Å²) >= 11 is 3.47. The van der Waals surface area contributed by atoms with Crippen LogP contribution >= 0.6 is 15.9 Å². The molecule has 0 aliphatic carbocycles. The van der Waals surface area contributed by atoms with Gasteiger partial charge in [-0.25, -0.2) is 4.39 Å². The number of amides is 1. The summed E-state index contributed by atoms with van der Waals surface area (Å²) in [4.78, 5) is 12.6. The van der Waals surface area contributed by atoms with Crippen LogP contribution in [0.25, 0.3) is 0 Å². The SMILES string of the molecule is Cc1nn(C(C)C(=O)Nc2cc(C)n(Cc3ccccc3F)n2)c(C)c1Br. The predicted molar refractivity (Wildman–Crippen MR) is 105 cm³/mol. The fraction of sp³-hybridized carbons (Fsp3) is 0.316. The van der Waals surface area contributed by atoms with E-state index in [0.717, 1.165) is 21.6 Å². The molecule has 1 unspecified atom stereocenters. The highest BCUT2D eigenvalue weighted by Gasteiger charge is 2.21. The molecular formula is C19H21BrFN5O. The highest BCUT2D eigenvalue weighted by atomic mass is 79.9. The zero-order valence-electron chi connectivity index (χ0n) is 15.6. The first kappa shape index (κ1) is 19.3. The topological polar surface area (TPSA) is 64.7 Å². The van der Waals surface area contributed by atoms with Gasteiger partial charge in [0, 0.05) is 17.3 Å². The van der Waals surface area contributed by atoms with Crippen LogP contribution in [-0.2, 0) is 11.3 Å². The minimum absolute atomic E-state index is 0.219. The number of anilines is 1. The lowest BCUT2D eigenvalue weighted by Crippen LogP contribution is -2.25. The van der Waals surface area contributed by atoms with Crippen molar-refractivity contribution in [3.05, 3.63) is 63.3 Å². The van der Waals surface area contributed by atoms with E-state index in [2.05, 4.69) is 31.4 Å². The van der Waals surface area contributed by atoms with Crippen molar-refractivity contribution in [2.75, 3.05) is 5.32 Å². The minimum atomic E-state index is -0.493. The Morgan fingerprint density at radius 2 is 1.96 bits per heavy atom. The summed E-state index contributed by atoms with van der Waals surface area (Å²) in [6.07, 6.45) is 0. The Labute approximate surface area is 165 Å². The number of benzene rings is 1. The van der Waals surface area contributed by atoms with Gasteiger partial charge in [0.1, 0.15) is 11.9 Å². The maximum absolute atomic E-state index is 13.9. The van der Waals surface area contributed by atoms with Crippen LogP contribution in [0.3, 0.4) is 0 Å². The molecule has 3 rings (SSSR count). The van der Waals surface area contributed by atoms with Gasteiger partial charge in [-0.05, 0) is 49.7 Å². The molecule has 3 aromatic rings. The second-order valence-electron chi connectivity index (χ2n) is 6.51. The van der Waals surface area contributed by atoms with Gasteiger partial charge in [-0.2, -0.15) is 10.2 Å². The molecule has 0 saturated carbocycles. The molecule has 0 saturated heterocycles. The number of nitrogens with one attached hydrogen (secondary N) is 1. The molecule has 2 aromatic heterocycles. The Hall–Kier alpha value is -2.48. The number of hydrogen-bond acceptors (Lipinski definition) is 3. The van der Waals surface area contributed by atoms with Gasteiger partial charge in [0.05, 0.1) is 22.4 Å². The van der Waals surface area contributed by atoms with Crippen LogP contribution in [0.4, 0.5) is 10.2 Å². The normalized spacial score (nSPS) is 12.2. The third kappa shape index (κ3) is 3.95. The molecule has 27 heavy (non-hydrogen) atoms. The lowest BCUT2D eigenvalue weighted by molar-refractivity contribution is -0.119. The number of carbonyl (C=O) groups excluding carboxylic acids is 1. The highest BCUT2D eigenvalue weighted by Crippen LogP contribution is 2.23. The number of nitrogens with zero attached hydrogens (tertiary/aromatic N) is 4. The zero-order valence-corrected chi connectivity index (χ0v) is 17.2. The first-order valence-electron chi connectivity index (χ1n) is 8.58. The van der Waals surface area contributed by atoms with E-state index in [1.165, 1.54) is 6.07 Å². The lowest BCUT2D eigenvalue weighted by atomic mass is 10.2. The van der Waals surface area contributed by atoms with E-state index >= 15 is 0 Å². The van der Waals surface area contributed by atoms with Crippen molar-refractivity contribution in [1.29, 1.82) is 0 Å². The van der Waals surface area contributed by atoms with Crippen LogP contribution in [0.1, 0.15) is 35.6 Å². The van der Waals surface area contributed by atoms with Crippen molar-refractivity contribution in [3.63, 3.8) is 0 Å². The summed E-state index contributed by atoms with van der Waals surface area (Å²) in [5, 5.41) is 11.6. The van der Waals surface area contributed by atoms with Crippen molar-refractivity contribution < 1.29 is 9.18 Å². The first-order valence-corrected chi connectivity index (χ1v) is 9.37. The minimum Gasteiger partial charge on any atom is -0.307 e. The van der Waals surface area contributed by atoms with E-state index in [1.807, 2.05) is 20.8 Å². The van der Waals surface area contributed by atoms with E-state index in [9.17, 15) is 9.18 Å². The van der Waals surface area contributed by atoms with Crippen molar-refractivity contribution in [2.45, 2.75) is 40.3 Å². The quantitative estimate of drug-likeness (QED) is 0.656. The summed E-state index contributed by atoms with van der Waals surface area (Å²) < 4.78 is 18.1. The molecule has 6 nitrogen and oxygen atoms in total. The van der Waals surface area contributed by atoms with E-state index in [1.54, 1.807) is 40.6 Å². The number of rotatable bonds is 5. The number of aryl methyl sites for hydroxylation is 2. The van der Waals surface area contributed by atoms with Crippen molar-refractivity contribution >= 4 is 27.7 Å². The van der Waals surface area contributed by atoms with Crippen molar-refractivity contribution in [1.82, 2.24) is 19.6 Å². The molecule has 2 heterocycles. The van der Waals surface area contributed by atoms with E-state index in [0.29, 0.717) is 17.9 Å². The molecule has 142 valence electrons. The third-order valence-corrected chi connectivity index (χ3v) is 5.64. The summed E-state index contributed by atoms with van der Waals surface area (Å²) in [6, 6.07) is 7.85. The summed E-state index contributed by atoms with van der Waals surface area (Å²) in [5.41, 5.74) is 3.09. The van der Waals surface area contributed by atoms with Crippen LogP contribution < -0.4 is 5.32 Å². The van der Waals surface area contributed by atoms with Gasteiger partial charge in [-0.15, -0.1) is 0 Å². The Morgan fingerprint density at radius 3 is 2.59 bits per heavy atom. The van der Waals surface area contributed by atoms with E-state index < -0.39 is 6.04 Å². The van der Waals surface area contributed by atoms with E-state index in [4.69, 9.17) is 0 Å². The van der Waals surface area contributed by atoms with Gasteiger partial charge >= 0.3 is 0 Å². The zero-order chi connectivity index (χ0) is 19.7. The third-order valence-electron chi connectivity index (χ3n) is 4.49. The second kappa shape index (κ2) is 7.64. The van der Waals surface area contributed by atoms with Gasteiger partial charge < -0.3 is 5.32 Å². The van der Waals surface area contributed by atoms with E-state index in [-0.39, 0.29) is 11.7 Å². The predicted octanol–water partition coefficient (Wildman–Crippen LogP) is 4.15. The molecule has 1 aromatic carbocycles. The molecule has 1 amide bonds. The summed E-state index contributed by atoms with van der Waals surface area (Å²) in [6.45, 7) is 7.73. The summed E-state index contributed by atoms with van der Waals surface area (Å²) in [7, 11) is 0. The van der Waals surface area contributed by atoms with Gasteiger partial charge in [-0.1, -0.05) is 18.2 Å². The van der Waals surface area contributed by atoms with Gasteiger partial charge in [0.2, 0.25) is 5.91 Å². The van der Waals surface area contributed by atoms with Crippen LogP contribution in [0.15, 0.2) is 34.8 Å². The molecule has 0 aliphatic rings. The second-order valence-corrected chi connectivity index (χ2v) is 7.31. The Bertz CT molecular complexity index is 994. The smallest absolute Gasteiger partial charge is 0.250 e. The van der Waals surface area contributed by atoms with Gasteiger partial charge in [-0.3, -0.25) is 14.2 Å². The fourth-order valence-electron chi connectivity index (χ4n) is 2.88. The van der Waals surface area contributed by atoms with Crippen molar-refractivity contribution in [3.8, 4) is 0 Å². The van der Waals surface area contributed by atoms with Crippen LogP contribution in [0.5, 0.6) is 0 Å². The number of halogens is 2. The van der Waals surface area contributed by atoms with Gasteiger partial charge in [0.15, 0.2) is 5.82 Å². The number of aromatic nitrogens is 4. The van der Waals surface area contributed by atoms with Crippen LogP contribution in [-0.4, -0.2) is 25.5 Å². The fourth-order valence-corrected chi connectivity index (χ4v) is 3.14. The highest BCUT2D eigenvalue weighted by molar-refractivity contribution is 9.10. The Balaban J connectivity index is 1.75. The molecule has 8 heteroatoms. The van der Waals surface area contributed by atoms with Crippen LogP contribution in [0, 0.1) is 26.6 Å². The number of carbonyl (C=O) groups is 1. The average Bonchev–Trinajstić information content (AvgIpc) is 3.10. The molecule has 1 atom stereocenters. The molecule has 0 radical (unpaired) electrons. The largest absolute Gasteiger partial charge is 0.307 e. The first-order chi connectivity index (χ1) is 12.8. The maximum atomic E-state index is 13.9. The van der Waals surface area contributed by atoms with Crippen LogP contribution in [0.2, 0.25) is 0 Å². The molecule has 0 spiro atoms. The van der Waals surface area contributed by atoms with Crippen molar-refractivity contribution in [2.24, 2.45) is 0 Å². The average molecular weight is 434 g/mol. The Morgan fingerprint density at radius 1 is 1.26 bits per heavy atom. The number of hydrogen-bond donors (Lipinski definition) is 1. The Kier molecular flexibility index (Phi) is 5.46. The standard InChI is InChI=1S/C19H21BrFN5O/c1-11-9-17(24-25(11)10-15-7-5-6-8-16(15)21)22-19(27)14(4)26-13(3)18(20)12(2)23-26/h5-9,14H,10H2,1-4H3,(H,22,24,27). The maximum Gasteiger partial charge on any atom is 0.250 e. The molecule has 0 bridgehead atoms. The molecule has 0 aliphatic heterocycles. The molecular weight excluding hydrogens is 413 g/mol. The molecule has 0 fully saturated rings. The molecule has 1 N–H and O–H groups in total. The van der Waals surface area contributed by atoms with Gasteiger partial charge in [0.25, 0.3) is 0 Å². The summed E-state index contributed by atoms with van der Waals surface area (Å²) in [5.74, 6) is -0.0633.